The third-order valence-electron chi connectivity index (χ3n) is 5.27. The van der Waals surface area contributed by atoms with Crippen LogP contribution in [0.3, 0.4) is 0 Å². The van der Waals surface area contributed by atoms with Crippen molar-refractivity contribution in [2.24, 2.45) is 5.92 Å². The topological polar surface area (TPSA) is 41.6 Å². The van der Waals surface area contributed by atoms with Crippen molar-refractivity contribution in [2.75, 3.05) is 26.7 Å². The minimum Gasteiger partial charge on any atom is -0.496 e. The van der Waals surface area contributed by atoms with E-state index in [4.69, 9.17) is 4.74 Å². The highest BCUT2D eigenvalue weighted by molar-refractivity contribution is 5.76. The van der Waals surface area contributed by atoms with Gasteiger partial charge in [0.05, 0.1) is 7.11 Å². The van der Waals surface area contributed by atoms with E-state index in [0.29, 0.717) is 24.3 Å². The van der Waals surface area contributed by atoms with Crippen LogP contribution in [0.4, 0.5) is 0 Å². The van der Waals surface area contributed by atoms with Crippen molar-refractivity contribution >= 4 is 5.91 Å². The van der Waals surface area contributed by atoms with Crippen molar-refractivity contribution in [3.63, 3.8) is 0 Å². The summed E-state index contributed by atoms with van der Waals surface area (Å²) < 4.78 is 5.46. The molecule has 2 aliphatic rings. The van der Waals surface area contributed by atoms with E-state index in [0.717, 1.165) is 51.1 Å². The molecule has 2 atom stereocenters. The van der Waals surface area contributed by atoms with Crippen molar-refractivity contribution < 1.29 is 9.53 Å². The molecule has 0 saturated carbocycles. The zero-order chi connectivity index (χ0) is 16.1. The van der Waals surface area contributed by atoms with Crippen molar-refractivity contribution in [2.45, 2.75) is 44.6 Å². The van der Waals surface area contributed by atoms with Gasteiger partial charge in [-0.2, -0.15) is 0 Å². The molecule has 0 radical (unpaired) electrons. The summed E-state index contributed by atoms with van der Waals surface area (Å²) in [6.07, 6.45) is 6.09. The van der Waals surface area contributed by atoms with Gasteiger partial charge in [0.15, 0.2) is 0 Å². The number of nitrogens with one attached hydrogen (secondary N) is 1. The first kappa shape index (κ1) is 16.3. The van der Waals surface area contributed by atoms with Gasteiger partial charge in [-0.05, 0) is 62.7 Å². The van der Waals surface area contributed by atoms with Crippen LogP contribution in [0, 0.1) is 5.92 Å². The van der Waals surface area contributed by atoms with Crippen molar-refractivity contribution in [1.82, 2.24) is 10.2 Å². The van der Waals surface area contributed by atoms with Gasteiger partial charge in [0.25, 0.3) is 0 Å². The van der Waals surface area contributed by atoms with Gasteiger partial charge < -0.3 is 15.0 Å². The number of para-hydroxylation sites is 1. The van der Waals surface area contributed by atoms with E-state index in [-0.39, 0.29) is 0 Å². The number of benzene rings is 1. The number of methoxy groups -OCH3 is 1. The van der Waals surface area contributed by atoms with Crippen LogP contribution in [-0.2, 0) is 11.2 Å². The fourth-order valence-corrected chi connectivity index (χ4v) is 3.93. The van der Waals surface area contributed by atoms with E-state index >= 15 is 0 Å². The Labute approximate surface area is 139 Å². The molecule has 1 N–H and O–H groups in total. The highest BCUT2D eigenvalue weighted by Crippen LogP contribution is 2.27. The van der Waals surface area contributed by atoms with Crippen LogP contribution in [0.5, 0.6) is 5.75 Å². The Morgan fingerprint density at radius 1 is 1.35 bits per heavy atom. The van der Waals surface area contributed by atoms with Gasteiger partial charge >= 0.3 is 0 Å². The molecule has 4 nitrogen and oxygen atoms in total. The molecule has 2 unspecified atom stereocenters. The first-order chi connectivity index (χ1) is 11.3. The smallest absolute Gasteiger partial charge is 0.222 e. The zero-order valence-electron chi connectivity index (χ0n) is 14.1. The minimum absolute atomic E-state index is 0.334. The van der Waals surface area contributed by atoms with Crippen molar-refractivity contribution in [3.05, 3.63) is 29.8 Å². The third kappa shape index (κ3) is 4.05. The first-order valence-corrected chi connectivity index (χ1v) is 8.90. The van der Waals surface area contributed by atoms with E-state index in [2.05, 4.69) is 16.3 Å². The van der Waals surface area contributed by atoms with Gasteiger partial charge in [-0.3, -0.25) is 4.79 Å². The van der Waals surface area contributed by atoms with Crippen LogP contribution in [0.25, 0.3) is 0 Å². The molecule has 126 valence electrons. The monoisotopic (exact) mass is 316 g/mol. The second-order valence-electron chi connectivity index (χ2n) is 6.80. The van der Waals surface area contributed by atoms with Crippen LogP contribution in [0.1, 0.15) is 37.7 Å². The van der Waals surface area contributed by atoms with Crippen molar-refractivity contribution in [3.8, 4) is 5.75 Å². The van der Waals surface area contributed by atoms with Gasteiger partial charge in [0.1, 0.15) is 5.75 Å². The van der Waals surface area contributed by atoms with E-state index in [1.54, 1.807) is 7.11 Å². The maximum absolute atomic E-state index is 12.6. The first-order valence-electron chi connectivity index (χ1n) is 8.90. The summed E-state index contributed by atoms with van der Waals surface area (Å²) in [7, 11) is 1.71. The van der Waals surface area contributed by atoms with Crippen LogP contribution in [0.15, 0.2) is 24.3 Å². The Kier molecular flexibility index (Phi) is 5.55. The fraction of sp³-hybridized carbons (Fsp3) is 0.632. The average Bonchev–Trinajstić information content (AvgIpc) is 3.25. The number of hydrogen-bond donors (Lipinski definition) is 1. The lowest BCUT2D eigenvalue weighted by molar-refractivity contribution is -0.132. The Morgan fingerprint density at radius 2 is 2.22 bits per heavy atom. The maximum atomic E-state index is 12.6. The average molecular weight is 316 g/mol. The number of likely N-dealkylation sites (tertiary alicyclic amines) is 1. The molecule has 23 heavy (non-hydrogen) atoms. The number of hydrogen-bond acceptors (Lipinski definition) is 3. The zero-order valence-corrected chi connectivity index (χ0v) is 14.1. The summed E-state index contributed by atoms with van der Waals surface area (Å²) in [5.74, 6) is 1.97. The molecule has 2 saturated heterocycles. The molecule has 3 rings (SSSR count). The maximum Gasteiger partial charge on any atom is 0.222 e. The number of ether oxygens (including phenoxy) is 1. The predicted octanol–water partition coefficient (Wildman–Crippen LogP) is 2.62. The molecule has 0 spiro atoms. The summed E-state index contributed by atoms with van der Waals surface area (Å²) in [4.78, 5) is 14.8. The second kappa shape index (κ2) is 7.82. The van der Waals surface area contributed by atoms with Crippen LogP contribution >= 0.6 is 0 Å². The molecule has 2 aliphatic heterocycles. The summed E-state index contributed by atoms with van der Waals surface area (Å²) in [6.45, 7) is 3.11. The highest BCUT2D eigenvalue weighted by Gasteiger charge is 2.29. The lowest BCUT2D eigenvalue weighted by Crippen LogP contribution is -2.37. The molecule has 0 bridgehead atoms. The van der Waals surface area contributed by atoms with Gasteiger partial charge in [-0.1, -0.05) is 18.2 Å². The number of amides is 1. The lowest BCUT2D eigenvalue weighted by Gasteiger charge is -2.26. The molecule has 0 aromatic heterocycles. The quantitative estimate of drug-likeness (QED) is 0.877. The molecule has 0 aliphatic carbocycles. The summed E-state index contributed by atoms with van der Waals surface area (Å²) in [6, 6.07) is 8.50. The lowest BCUT2D eigenvalue weighted by atomic mass is 10.0. The van der Waals surface area contributed by atoms with Gasteiger partial charge in [-0.15, -0.1) is 0 Å². The number of nitrogens with zero attached hydrogens (tertiary/aromatic N) is 1. The second-order valence-corrected chi connectivity index (χ2v) is 6.80. The Balaban J connectivity index is 1.57. The van der Waals surface area contributed by atoms with E-state index in [9.17, 15) is 4.79 Å². The number of rotatable bonds is 6. The predicted molar refractivity (Wildman–Crippen MR) is 91.6 cm³/mol. The molecule has 1 aromatic carbocycles. The van der Waals surface area contributed by atoms with Crippen LogP contribution in [-0.4, -0.2) is 43.6 Å². The molecule has 1 amide bonds. The molecule has 4 heteroatoms. The minimum atomic E-state index is 0.334. The number of carbonyl (C=O) groups excluding carboxylic acids is 1. The van der Waals surface area contributed by atoms with Gasteiger partial charge in [-0.25, -0.2) is 0 Å². The van der Waals surface area contributed by atoms with Gasteiger partial charge in [0.2, 0.25) is 5.91 Å². The van der Waals surface area contributed by atoms with Crippen LogP contribution < -0.4 is 10.1 Å². The Bertz CT molecular complexity index is 526. The summed E-state index contributed by atoms with van der Waals surface area (Å²) >= 11 is 0. The van der Waals surface area contributed by atoms with Crippen LogP contribution in [0.2, 0.25) is 0 Å². The molecular formula is C19H28N2O2. The molecule has 2 fully saturated rings. The fourth-order valence-electron chi connectivity index (χ4n) is 3.93. The van der Waals surface area contributed by atoms with E-state index in [1.807, 2.05) is 18.2 Å². The molecule has 2 heterocycles. The Morgan fingerprint density at radius 3 is 3.00 bits per heavy atom. The SMILES string of the molecule is COc1ccccc1CC1CCCN1C(=O)CCC1CCNC1. The van der Waals surface area contributed by atoms with Crippen molar-refractivity contribution in [1.29, 1.82) is 0 Å². The largest absolute Gasteiger partial charge is 0.496 e. The van der Waals surface area contributed by atoms with E-state index < -0.39 is 0 Å². The standard InChI is InChI=1S/C19H28N2O2/c1-23-18-7-3-2-5-16(18)13-17-6-4-12-21(17)19(22)9-8-15-10-11-20-14-15/h2-3,5,7,15,17,20H,4,6,8-14H2,1H3. The van der Waals surface area contributed by atoms with Gasteiger partial charge in [0, 0.05) is 19.0 Å². The molecule has 1 aromatic rings. The van der Waals surface area contributed by atoms with E-state index in [1.165, 1.54) is 12.0 Å². The number of carbonyl (C=O) groups is 1. The molecular weight excluding hydrogens is 288 g/mol. The summed E-state index contributed by atoms with van der Waals surface area (Å²) in [5, 5.41) is 3.38. The normalized spacial score (nSPS) is 24.1. The third-order valence-corrected chi connectivity index (χ3v) is 5.27. The highest BCUT2D eigenvalue weighted by atomic mass is 16.5. The Hall–Kier alpha value is -1.55. The summed E-state index contributed by atoms with van der Waals surface area (Å²) in [5.41, 5.74) is 1.21.